The molecule has 180 valence electrons. The second-order valence-electron chi connectivity index (χ2n) is 9.65. The molecule has 4 rings (SSSR count). The molecule has 0 fully saturated rings. The molecule has 0 radical (unpaired) electrons. The van der Waals surface area contributed by atoms with E-state index in [1.807, 2.05) is 55.4 Å². The molecule has 0 aliphatic heterocycles. The van der Waals surface area contributed by atoms with Crippen molar-refractivity contribution in [1.82, 2.24) is 4.98 Å². The maximum absolute atomic E-state index is 13.3. The van der Waals surface area contributed by atoms with E-state index in [-0.39, 0.29) is 17.0 Å². The molecule has 0 aliphatic carbocycles. The lowest BCUT2D eigenvalue weighted by atomic mass is 9.87. The number of hydrogen-bond acceptors (Lipinski definition) is 5. The van der Waals surface area contributed by atoms with E-state index < -0.39 is 0 Å². The molecule has 4 aromatic rings. The molecular formula is C29H31N3O3. The zero-order chi connectivity index (χ0) is 25.2. The van der Waals surface area contributed by atoms with Crippen LogP contribution in [-0.2, 0) is 5.41 Å². The van der Waals surface area contributed by atoms with Crippen LogP contribution in [-0.4, -0.2) is 32.1 Å². The van der Waals surface area contributed by atoms with Crippen molar-refractivity contribution in [3.8, 4) is 28.5 Å². The fraction of sp³-hybridized carbons (Fsp3) is 0.241. The molecular weight excluding hydrogens is 438 g/mol. The average Bonchev–Trinajstić information content (AvgIpc) is 3.30. The zero-order valence-electron chi connectivity index (χ0n) is 21.0. The van der Waals surface area contributed by atoms with E-state index in [0.717, 1.165) is 16.8 Å². The number of carbonyl (C=O) groups is 1. The summed E-state index contributed by atoms with van der Waals surface area (Å²) in [5, 5.41) is 2.92. The number of hydrogen-bond donors (Lipinski definition) is 1. The van der Waals surface area contributed by atoms with Crippen molar-refractivity contribution in [3.05, 3.63) is 84.1 Å². The van der Waals surface area contributed by atoms with Crippen molar-refractivity contribution >= 4 is 17.3 Å². The van der Waals surface area contributed by atoms with Crippen molar-refractivity contribution in [2.24, 2.45) is 0 Å². The number of rotatable bonds is 6. The van der Waals surface area contributed by atoms with Gasteiger partial charge in [-0.25, -0.2) is 4.98 Å². The van der Waals surface area contributed by atoms with Crippen LogP contribution in [0.4, 0.5) is 11.4 Å². The van der Waals surface area contributed by atoms with E-state index in [4.69, 9.17) is 9.15 Å². The van der Waals surface area contributed by atoms with Crippen LogP contribution >= 0.6 is 0 Å². The smallest absolute Gasteiger partial charge is 0.278 e. The van der Waals surface area contributed by atoms with E-state index in [9.17, 15) is 4.79 Å². The highest BCUT2D eigenvalue weighted by Gasteiger charge is 2.23. The van der Waals surface area contributed by atoms with Gasteiger partial charge >= 0.3 is 0 Å². The summed E-state index contributed by atoms with van der Waals surface area (Å²) < 4.78 is 11.4. The quantitative estimate of drug-likeness (QED) is 0.343. The van der Waals surface area contributed by atoms with Gasteiger partial charge in [0, 0.05) is 36.6 Å². The molecule has 0 atom stereocenters. The monoisotopic (exact) mass is 469 g/mol. The minimum absolute atomic E-state index is 0.0396. The van der Waals surface area contributed by atoms with Gasteiger partial charge in [-0.3, -0.25) is 4.79 Å². The fourth-order valence-corrected chi connectivity index (χ4v) is 3.68. The van der Waals surface area contributed by atoms with Gasteiger partial charge in [0.2, 0.25) is 5.89 Å². The zero-order valence-corrected chi connectivity index (χ0v) is 21.0. The van der Waals surface area contributed by atoms with E-state index in [2.05, 4.69) is 43.2 Å². The van der Waals surface area contributed by atoms with Gasteiger partial charge in [0.1, 0.15) is 5.75 Å². The number of oxazole rings is 1. The van der Waals surface area contributed by atoms with E-state index in [0.29, 0.717) is 23.1 Å². The minimum Gasteiger partial charge on any atom is -0.497 e. The number of amides is 1. The third kappa shape index (κ3) is 5.38. The van der Waals surface area contributed by atoms with Crippen LogP contribution < -0.4 is 15.0 Å². The Labute approximate surface area is 206 Å². The molecule has 1 heterocycles. The first kappa shape index (κ1) is 24.1. The predicted molar refractivity (Wildman–Crippen MR) is 141 cm³/mol. The summed E-state index contributed by atoms with van der Waals surface area (Å²) in [5.41, 5.74) is 4.77. The number of aromatic nitrogens is 1. The lowest BCUT2D eigenvalue weighted by molar-refractivity contribution is 0.102. The lowest BCUT2D eigenvalue weighted by Gasteiger charge is -2.18. The number of ether oxygens (including phenoxy) is 1. The van der Waals surface area contributed by atoms with E-state index in [1.165, 1.54) is 5.56 Å². The first-order valence-electron chi connectivity index (χ1n) is 11.5. The van der Waals surface area contributed by atoms with Gasteiger partial charge in [-0.15, -0.1) is 0 Å². The van der Waals surface area contributed by atoms with Gasteiger partial charge in [-0.05, 0) is 71.6 Å². The Balaban J connectivity index is 1.72. The van der Waals surface area contributed by atoms with Crippen LogP contribution in [0.2, 0.25) is 0 Å². The fourth-order valence-electron chi connectivity index (χ4n) is 3.68. The van der Waals surface area contributed by atoms with Gasteiger partial charge in [-0.2, -0.15) is 0 Å². The largest absolute Gasteiger partial charge is 0.497 e. The van der Waals surface area contributed by atoms with Crippen molar-refractivity contribution in [2.75, 3.05) is 31.4 Å². The van der Waals surface area contributed by atoms with Gasteiger partial charge in [0.15, 0.2) is 11.5 Å². The van der Waals surface area contributed by atoms with Crippen LogP contribution in [0.3, 0.4) is 0 Å². The molecule has 0 bridgehead atoms. The summed E-state index contributed by atoms with van der Waals surface area (Å²) in [6, 6.07) is 23.1. The number of methoxy groups -OCH3 is 1. The van der Waals surface area contributed by atoms with Crippen LogP contribution in [0.25, 0.3) is 22.8 Å². The second-order valence-corrected chi connectivity index (χ2v) is 9.65. The Morgan fingerprint density at radius 2 is 1.49 bits per heavy atom. The van der Waals surface area contributed by atoms with Gasteiger partial charge in [0.25, 0.3) is 5.91 Å². The molecule has 35 heavy (non-hydrogen) atoms. The third-order valence-corrected chi connectivity index (χ3v) is 5.83. The lowest BCUT2D eigenvalue weighted by Crippen LogP contribution is -2.13. The van der Waals surface area contributed by atoms with Crippen LogP contribution in [0, 0.1) is 0 Å². The summed E-state index contributed by atoms with van der Waals surface area (Å²) in [5.74, 6) is 1.20. The first-order valence-corrected chi connectivity index (χ1v) is 11.5. The molecule has 1 N–H and O–H groups in total. The first-order chi connectivity index (χ1) is 16.7. The predicted octanol–water partition coefficient (Wildman–Crippen LogP) is 6.63. The third-order valence-electron chi connectivity index (χ3n) is 5.83. The van der Waals surface area contributed by atoms with Gasteiger partial charge in [0.05, 0.1) is 7.11 Å². The second kappa shape index (κ2) is 9.66. The summed E-state index contributed by atoms with van der Waals surface area (Å²) in [4.78, 5) is 19.9. The molecule has 0 saturated heterocycles. The number of carbonyl (C=O) groups excluding carboxylic acids is 1. The summed E-state index contributed by atoms with van der Waals surface area (Å²) in [6.07, 6.45) is 0. The Morgan fingerprint density at radius 3 is 2.03 bits per heavy atom. The Bertz CT molecular complexity index is 1300. The van der Waals surface area contributed by atoms with E-state index >= 15 is 0 Å². The molecule has 0 aliphatic rings. The minimum atomic E-state index is -0.344. The Hall–Kier alpha value is -4.06. The molecule has 3 aromatic carbocycles. The van der Waals surface area contributed by atoms with Crippen molar-refractivity contribution in [3.63, 3.8) is 0 Å². The summed E-state index contributed by atoms with van der Waals surface area (Å²) in [6.45, 7) is 6.51. The highest BCUT2D eigenvalue weighted by atomic mass is 16.5. The summed E-state index contributed by atoms with van der Waals surface area (Å²) in [7, 11) is 5.57. The summed E-state index contributed by atoms with van der Waals surface area (Å²) >= 11 is 0. The maximum Gasteiger partial charge on any atom is 0.278 e. The molecule has 6 heteroatoms. The molecule has 1 aromatic heterocycles. The topological polar surface area (TPSA) is 67.6 Å². The number of nitrogens with zero attached hydrogens (tertiary/aromatic N) is 2. The average molecular weight is 470 g/mol. The van der Waals surface area contributed by atoms with Crippen molar-refractivity contribution in [1.29, 1.82) is 0 Å². The maximum atomic E-state index is 13.3. The molecule has 0 saturated carbocycles. The highest BCUT2D eigenvalue weighted by Crippen LogP contribution is 2.33. The van der Waals surface area contributed by atoms with Crippen molar-refractivity contribution < 1.29 is 13.9 Å². The van der Waals surface area contributed by atoms with Crippen LogP contribution in [0.15, 0.2) is 77.2 Å². The van der Waals surface area contributed by atoms with Crippen LogP contribution in [0.1, 0.15) is 36.8 Å². The molecule has 6 nitrogen and oxygen atoms in total. The molecule has 0 unspecified atom stereocenters. The van der Waals surface area contributed by atoms with Crippen LogP contribution in [0.5, 0.6) is 5.75 Å². The van der Waals surface area contributed by atoms with Gasteiger partial charge < -0.3 is 19.4 Å². The van der Waals surface area contributed by atoms with Gasteiger partial charge in [-0.1, -0.05) is 32.9 Å². The van der Waals surface area contributed by atoms with E-state index in [1.54, 1.807) is 31.4 Å². The standard InChI is InChI=1S/C29H31N3O3/c1-29(2,3)21-11-7-20(8-12-21)28-31-25(27(33)30-22-13-17-24(34-6)18-14-22)26(35-28)19-9-15-23(16-10-19)32(4)5/h7-18H,1-6H3,(H,30,33). The number of anilines is 2. The van der Waals surface area contributed by atoms with Crippen molar-refractivity contribution in [2.45, 2.75) is 26.2 Å². The Kier molecular flexibility index (Phi) is 6.65. The molecule has 0 spiro atoms. The normalized spacial score (nSPS) is 11.3. The number of benzene rings is 3. The highest BCUT2D eigenvalue weighted by molar-refractivity contribution is 6.06. The Morgan fingerprint density at radius 1 is 0.886 bits per heavy atom. The number of nitrogens with one attached hydrogen (secondary N) is 1. The SMILES string of the molecule is COc1ccc(NC(=O)c2nc(-c3ccc(C(C)(C)C)cc3)oc2-c2ccc(N(C)C)cc2)cc1. The molecule has 1 amide bonds.